The number of pyridine rings is 1. The van der Waals surface area contributed by atoms with Gasteiger partial charge in [0.15, 0.2) is 0 Å². The van der Waals surface area contributed by atoms with Crippen molar-refractivity contribution in [3.8, 4) is 0 Å². The average molecular weight is 241 g/mol. The first kappa shape index (κ1) is 12.1. The van der Waals surface area contributed by atoms with Crippen LogP contribution in [-0.4, -0.2) is 25.0 Å². The van der Waals surface area contributed by atoms with Crippen molar-refractivity contribution in [2.75, 3.05) is 24.3 Å². The van der Waals surface area contributed by atoms with Gasteiger partial charge in [0.2, 0.25) is 0 Å². The Hall–Kier alpha value is -2.36. The molecule has 2 aromatic rings. The first-order valence-electron chi connectivity index (χ1n) is 5.66. The van der Waals surface area contributed by atoms with E-state index in [4.69, 9.17) is 0 Å². The Morgan fingerprint density at radius 3 is 2.44 bits per heavy atom. The summed E-state index contributed by atoms with van der Waals surface area (Å²) in [7, 11) is 3.88. The van der Waals surface area contributed by atoms with Crippen LogP contribution in [0.15, 0.2) is 48.8 Å². The molecular formula is C14H15N3O. The lowest BCUT2D eigenvalue weighted by Crippen LogP contribution is -2.16. The first-order valence-corrected chi connectivity index (χ1v) is 5.66. The predicted octanol–water partition coefficient (Wildman–Crippen LogP) is 2.40. The molecule has 0 atom stereocenters. The number of benzene rings is 1. The molecule has 18 heavy (non-hydrogen) atoms. The smallest absolute Gasteiger partial charge is 0.255 e. The molecule has 0 saturated heterocycles. The Kier molecular flexibility index (Phi) is 3.57. The van der Waals surface area contributed by atoms with Crippen molar-refractivity contribution < 1.29 is 4.79 Å². The topological polar surface area (TPSA) is 45.2 Å². The minimum atomic E-state index is -0.133. The number of carbonyl (C=O) groups is 1. The number of nitrogens with zero attached hydrogens (tertiary/aromatic N) is 2. The van der Waals surface area contributed by atoms with E-state index in [0.29, 0.717) is 5.56 Å². The highest BCUT2D eigenvalue weighted by Gasteiger charge is 2.09. The number of hydrogen-bond acceptors (Lipinski definition) is 3. The number of aromatic nitrogens is 1. The lowest BCUT2D eigenvalue weighted by atomic mass is 10.2. The Morgan fingerprint density at radius 1 is 1.11 bits per heavy atom. The maximum absolute atomic E-state index is 12.0. The van der Waals surface area contributed by atoms with E-state index in [9.17, 15) is 4.79 Å². The van der Waals surface area contributed by atoms with Crippen LogP contribution in [0.3, 0.4) is 0 Å². The number of amides is 1. The van der Waals surface area contributed by atoms with Gasteiger partial charge >= 0.3 is 0 Å². The van der Waals surface area contributed by atoms with Crippen LogP contribution >= 0.6 is 0 Å². The summed E-state index contributed by atoms with van der Waals surface area (Å²) in [5.41, 5.74) is 2.36. The maximum atomic E-state index is 12.0. The number of nitrogens with one attached hydrogen (secondary N) is 1. The summed E-state index contributed by atoms with van der Waals surface area (Å²) < 4.78 is 0. The van der Waals surface area contributed by atoms with Crippen LogP contribution in [0.25, 0.3) is 0 Å². The molecule has 0 fully saturated rings. The standard InChI is InChI=1S/C14H15N3O/c1-17(2)13-6-4-3-5-12(13)16-14(18)11-7-9-15-10-8-11/h3-10H,1-2H3,(H,16,18). The van der Waals surface area contributed by atoms with Crippen LogP contribution in [0, 0.1) is 0 Å². The molecule has 0 saturated carbocycles. The second-order valence-corrected chi connectivity index (χ2v) is 4.10. The average Bonchev–Trinajstić information content (AvgIpc) is 2.40. The summed E-state index contributed by atoms with van der Waals surface area (Å²) in [5.74, 6) is -0.133. The number of carbonyl (C=O) groups excluding carboxylic acids is 1. The van der Waals surface area contributed by atoms with E-state index < -0.39 is 0 Å². The SMILES string of the molecule is CN(C)c1ccccc1NC(=O)c1ccncc1. The summed E-state index contributed by atoms with van der Waals surface area (Å²) in [4.78, 5) is 17.9. The molecule has 1 aromatic heterocycles. The fourth-order valence-corrected chi connectivity index (χ4v) is 1.67. The summed E-state index contributed by atoms with van der Waals surface area (Å²) in [5, 5.41) is 2.90. The summed E-state index contributed by atoms with van der Waals surface area (Å²) in [6.07, 6.45) is 3.21. The van der Waals surface area contributed by atoms with Gasteiger partial charge < -0.3 is 10.2 Å². The van der Waals surface area contributed by atoms with Gasteiger partial charge in [0.1, 0.15) is 0 Å². The molecule has 92 valence electrons. The van der Waals surface area contributed by atoms with Crippen molar-refractivity contribution in [1.82, 2.24) is 4.98 Å². The molecule has 0 bridgehead atoms. The highest BCUT2D eigenvalue weighted by atomic mass is 16.1. The largest absolute Gasteiger partial charge is 0.376 e. The molecule has 4 heteroatoms. The van der Waals surface area contributed by atoms with Crippen molar-refractivity contribution in [2.24, 2.45) is 0 Å². The molecule has 0 spiro atoms. The van der Waals surface area contributed by atoms with E-state index in [2.05, 4.69) is 10.3 Å². The van der Waals surface area contributed by atoms with Crippen LogP contribution in [0.4, 0.5) is 11.4 Å². The minimum Gasteiger partial charge on any atom is -0.376 e. The van der Waals surface area contributed by atoms with E-state index in [-0.39, 0.29) is 5.91 Å². The van der Waals surface area contributed by atoms with Gasteiger partial charge in [-0.2, -0.15) is 0 Å². The first-order chi connectivity index (χ1) is 8.68. The zero-order valence-corrected chi connectivity index (χ0v) is 10.4. The molecule has 1 heterocycles. The Morgan fingerprint density at radius 2 is 1.78 bits per heavy atom. The molecule has 0 radical (unpaired) electrons. The van der Waals surface area contributed by atoms with E-state index in [0.717, 1.165) is 11.4 Å². The Balaban J connectivity index is 2.22. The van der Waals surface area contributed by atoms with Crippen molar-refractivity contribution >= 4 is 17.3 Å². The van der Waals surface area contributed by atoms with Crippen LogP contribution in [0.1, 0.15) is 10.4 Å². The summed E-state index contributed by atoms with van der Waals surface area (Å²) in [6.45, 7) is 0. The lowest BCUT2D eigenvalue weighted by Gasteiger charge is -2.17. The van der Waals surface area contributed by atoms with Gasteiger partial charge in [0, 0.05) is 32.1 Å². The van der Waals surface area contributed by atoms with Crippen LogP contribution in [0.5, 0.6) is 0 Å². The van der Waals surface area contributed by atoms with E-state index in [1.54, 1.807) is 24.5 Å². The van der Waals surface area contributed by atoms with Crippen molar-refractivity contribution in [3.63, 3.8) is 0 Å². The minimum absolute atomic E-state index is 0.133. The zero-order chi connectivity index (χ0) is 13.0. The number of hydrogen-bond donors (Lipinski definition) is 1. The normalized spacial score (nSPS) is 9.89. The molecular weight excluding hydrogens is 226 g/mol. The lowest BCUT2D eigenvalue weighted by molar-refractivity contribution is 0.102. The third kappa shape index (κ3) is 2.66. The number of rotatable bonds is 3. The van der Waals surface area contributed by atoms with Crippen LogP contribution in [0.2, 0.25) is 0 Å². The molecule has 0 unspecified atom stereocenters. The highest BCUT2D eigenvalue weighted by molar-refractivity contribution is 6.05. The van der Waals surface area contributed by atoms with Crippen molar-refractivity contribution in [1.29, 1.82) is 0 Å². The second kappa shape index (κ2) is 5.31. The maximum Gasteiger partial charge on any atom is 0.255 e. The van der Waals surface area contributed by atoms with Gasteiger partial charge in [-0.1, -0.05) is 12.1 Å². The van der Waals surface area contributed by atoms with Gasteiger partial charge in [-0.25, -0.2) is 0 Å². The van der Waals surface area contributed by atoms with Crippen molar-refractivity contribution in [3.05, 3.63) is 54.4 Å². The third-order valence-electron chi connectivity index (χ3n) is 2.58. The number of para-hydroxylation sites is 2. The van der Waals surface area contributed by atoms with E-state index >= 15 is 0 Å². The van der Waals surface area contributed by atoms with Gasteiger partial charge in [0.05, 0.1) is 11.4 Å². The fourth-order valence-electron chi connectivity index (χ4n) is 1.67. The molecule has 1 aromatic carbocycles. The molecule has 4 nitrogen and oxygen atoms in total. The van der Waals surface area contributed by atoms with Crippen LogP contribution < -0.4 is 10.2 Å². The van der Waals surface area contributed by atoms with E-state index in [1.807, 2.05) is 43.3 Å². The van der Waals surface area contributed by atoms with Crippen molar-refractivity contribution in [2.45, 2.75) is 0 Å². The predicted molar refractivity (Wildman–Crippen MR) is 73.0 cm³/mol. The molecule has 0 aliphatic carbocycles. The fraction of sp³-hybridized carbons (Fsp3) is 0.143. The van der Waals surface area contributed by atoms with Gasteiger partial charge in [-0.3, -0.25) is 9.78 Å². The summed E-state index contributed by atoms with van der Waals surface area (Å²) in [6, 6.07) is 11.1. The zero-order valence-electron chi connectivity index (χ0n) is 10.4. The van der Waals surface area contributed by atoms with E-state index in [1.165, 1.54) is 0 Å². The third-order valence-corrected chi connectivity index (χ3v) is 2.58. The molecule has 2 rings (SSSR count). The Labute approximate surface area is 106 Å². The van der Waals surface area contributed by atoms with Gasteiger partial charge in [0.25, 0.3) is 5.91 Å². The molecule has 0 aliphatic rings. The summed E-state index contributed by atoms with van der Waals surface area (Å²) >= 11 is 0. The molecule has 1 N–H and O–H groups in total. The highest BCUT2D eigenvalue weighted by Crippen LogP contribution is 2.23. The van der Waals surface area contributed by atoms with Gasteiger partial charge in [-0.05, 0) is 24.3 Å². The van der Waals surface area contributed by atoms with Crippen LogP contribution in [-0.2, 0) is 0 Å². The second-order valence-electron chi connectivity index (χ2n) is 4.10. The molecule has 0 aliphatic heterocycles. The Bertz CT molecular complexity index is 538. The van der Waals surface area contributed by atoms with Gasteiger partial charge in [-0.15, -0.1) is 0 Å². The monoisotopic (exact) mass is 241 g/mol. The number of anilines is 2. The molecule has 1 amide bonds. The quantitative estimate of drug-likeness (QED) is 0.897.